The SMILES string of the molecule is CCNC(=NCc1ccc(OC)c(O)c1)NCC(c1cccc(OC)c1)N1CCCC1.I. The van der Waals surface area contributed by atoms with Crippen LogP contribution in [-0.2, 0) is 6.54 Å². The van der Waals surface area contributed by atoms with E-state index in [9.17, 15) is 5.11 Å². The van der Waals surface area contributed by atoms with Gasteiger partial charge in [0.25, 0.3) is 0 Å². The van der Waals surface area contributed by atoms with E-state index in [0.717, 1.165) is 43.5 Å². The standard InChI is InChI=1S/C24H34N4O3.HI/c1-4-25-24(26-16-18-10-11-23(31-3)22(29)14-18)27-17-21(28-12-5-6-13-28)19-8-7-9-20(15-19)30-2;/h7-11,14-15,21,29H,4-6,12-13,16-17H2,1-3H3,(H2,25,26,27);1H. The molecule has 2 aromatic rings. The second-order valence-corrected chi connectivity index (χ2v) is 7.62. The van der Waals surface area contributed by atoms with E-state index >= 15 is 0 Å². The van der Waals surface area contributed by atoms with E-state index in [1.165, 1.54) is 18.4 Å². The zero-order chi connectivity index (χ0) is 22.1. The highest BCUT2D eigenvalue weighted by molar-refractivity contribution is 14.0. The number of hydrogen-bond donors (Lipinski definition) is 3. The Balaban J connectivity index is 0.00000363. The maximum atomic E-state index is 10.0. The zero-order valence-electron chi connectivity index (χ0n) is 19.1. The minimum atomic E-state index is 0. The lowest BCUT2D eigenvalue weighted by molar-refractivity contribution is 0.245. The number of methoxy groups -OCH3 is 2. The third-order valence-electron chi connectivity index (χ3n) is 5.53. The summed E-state index contributed by atoms with van der Waals surface area (Å²) in [7, 11) is 3.24. The van der Waals surface area contributed by atoms with Crippen molar-refractivity contribution in [1.82, 2.24) is 15.5 Å². The molecule has 1 saturated heterocycles. The Morgan fingerprint density at radius 3 is 2.53 bits per heavy atom. The van der Waals surface area contributed by atoms with Gasteiger partial charge in [0.2, 0.25) is 0 Å². The molecule has 0 saturated carbocycles. The lowest BCUT2D eigenvalue weighted by Gasteiger charge is -2.29. The Morgan fingerprint density at radius 2 is 1.88 bits per heavy atom. The normalized spacial score (nSPS) is 15.0. The molecule has 7 nitrogen and oxygen atoms in total. The Morgan fingerprint density at radius 1 is 1.09 bits per heavy atom. The summed E-state index contributed by atoms with van der Waals surface area (Å²) in [6.07, 6.45) is 2.46. The third-order valence-corrected chi connectivity index (χ3v) is 5.53. The molecular formula is C24H35IN4O3. The number of rotatable bonds is 9. The summed E-state index contributed by atoms with van der Waals surface area (Å²) in [6, 6.07) is 13.9. The average Bonchev–Trinajstić information content (AvgIpc) is 3.32. The van der Waals surface area contributed by atoms with Gasteiger partial charge in [-0.05, 0) is 68.2 Å². The first-order valence-corrected chi connectivity index (χ1v) is 10.9. The van der Waals surface area contributed by atoms with Gasteiger partial charge in [-0.3, -0.25) is 4.90 Å². The Hall–Kier alpha value is -2.20. The monoisotopic (exact) mass is 554 g/mol. The van der Waals surface area contributed by atoms with E-state index in [0.29, 0.717) is 12.3 Å². The Kier molecular flexibility index (Phi) is 10.9. The quantitative estimate of drug-likeness (QED) is 0.248. The zero-order valence-corrected chi connectivity index (χ0v) is 21.5. The van der Waals surface area contributed by atoms with Crippen LogP contribution >= 0.6 is 24.0 Å². The minimum Gasteiger partial charge on any atom is -0.504 e. The number of phenolic OH excluding ortho intramolecular Hbond substituents is 1. The van der Waals surface area contributed by atoms with Crippen LogP contribution in [0, 0.1) is 0 Å². The van der Waals surface area contributed by atoms with Crippen molar-refractivity contribution in [3.05, 3.63) is 53.6 Å². The lowest BCUT2D eigenvalue weighted by atomic mass is 10.1. The van der Waals surface area contributed by atoms with Gasteiger partial charge in [0.1, 0.15) is 5.75 Å². The number of likely N-dealkylation sites (tertiary alicyclic amines) is 1. The molecule has 1 aliphatic heterocycles. The van der Waals surface area contributed by atoms with Crippen molar-refractivity contribution in [1.29, 1.82) is 0 Å². The maximum absolute atomic E-state index is 10.0. The van der Waals surface area contributed by atoms with E-state index in [4.69, 9.17) is 14.5 Å². The number of nitrogens with one attached hydrogen (secondary N) is 2. The summed E-state index contributed by atoms with van der Waals surface area (Å²) in [5.74, 6) is 2.22. The number of halogens is 1. The van der Waals surface area contributed by atoms with E-state index < -0.39 is 0 Å². The molecule has 1 unspecified atom stereocenters. The van der Waals surface area contributed by atoms with E-state index in [1.807, 2.05) is 18.2 Å². The first-order chi connectivity index (χ1) is 15.1. The highest BCUT2D eigenvalue weighted by atomic mass is 127. The van der Waals surface area contributed by atoms with E-state index in [2.05, 4.69) is 34.6 Å². The molecule has 0 bridgehead atoms. The number of guanidine groups is 1. The molecule has 0 amide bonds. The van der Waals surface area contributed by atoms with E-state index in [1.54, 1.807) is 26.4 Å². The highest BCUT2D eigenvalue weighted by Crippen LogP contribution is 2.28. The molecule has 0 aliphatic carbocycles. The number of ether oxygens (including phenoxy) is 2. The number of phenols is 1. The fourth-order valence-corrected chi connectivity index (χ4v) is 3.90. The summed E-state index contributed by atoms with van der Waals surface area (Å²) in [6.45, 7) is 6.22. The average molecular weight is 554 g/mol. The Labute approximate surface area is 208 Å². The fourth-order valence-electron chi connectivity index (χ4n) is 3.90. The molecule has 3 N–H and O–H groups in total. The fraction of sp³-hybridized carbons (Fsp3) is 0.458. The highest BCUT2D eigenvalue weighted by Gasteiger charge is 2.24. The summed E-state index contributed by atoms with van der Waals surface area (Å²) in [5.41, 5.74) is 2.16. The van der Waals surface area contributed by atoms with Crippen LogP contribution in [0.5, 0.6) is 17.2 Å². The molecule has 3 rings (SSSR count). The predicted octanol–water partition coefficient (Wildman–Crippen LogP) is 3.92. The summed E-state index contributed by atoms with van der Waals surface area (Å²) in [4.78, 5) is 7.23. The molecule has 32 heavy (non-hydrogen) atoms. The van der Waals surface area contributed by atoms with Crippen molar-refractivity contribution < 1.29 is 14.6 Å². The van der Waals surface area contributed by atoms with Gasteiger partial charge in [0.05, 0.1) is 26.8 Å². The molecule has 1 heterocycles. The van der Waals surface area contributed by atoms with Crippen LogP contribution in [0.2, 0.25) is 0 Å². The van der Waals surface area contributed by atoms with Crippen LogP contribution in [0.25, 0.3) is 0 Å². The molecule has 0 aromatic heterocycles. The second kappa shape index (κ2) is 13.4. The molecule has 1 aliphatic rings. The van der Waals surface area contributed by atoms with Crippen molar-refractivity contribution in [3.63, 3.8) is 0 Å². The number of benzene rings is 2. The van der Waals surface area contributed by atoms with Crippen molar-refractivity contribution in [2.75, 3.05) is 40.4 Å². The van der Waals surface area contributed by atoms with E-state index in [-0.39, 0.29) is 35.8 Å². The van der Waals surface area contributed by atoms with Crippen LogP contribution in [0.3, 0.4) is 0 Å². The number of nitrogens with zero attached hydrogens (tertiary/aromatic N) is 2. The van der Waals surface area contributed by atoms with Crippen molar-refractivity contribution >= 4 is 29.9 Å². The molecule has 0 spiro atoms. The van der Waals surface area contributed by atoms with Crippen LogP contribution in [0.4, 0.5) is 0 Å². The van der Waals surface area contributed by atoms with Gasteiger partial charge < -0.3 is 25.2 Å². The largest absolute Gasteiger partial charge is 0.504 e. The molecule has 1 atom stereocenters. The van der Waals surface area contributed by atoms with Crippen LogP contribution in [0.15, 0.2) is 47.5 Å². The van der Waals surface area contributed by atoms with Gasteiger partial charge in [-0.25, -0.2) is 4.99 Å². The van der Waals surface area contributed by atoms with Crippen LogP contribution < -0.4 is 20.1 Å². The topological polar surface area (TPSA) is 78.4 Å². The van der Waals surface area contributed by atoms with Gasteiger partial charge in [0, 0.05) is 13.1 Å². The maximum Gasteiger partial charge on any atom is 0.191 e. The molecular weight excluding hydrogens is 519 g/mol. The smallest absolute Gasteiger partial charge is 0.191 e. The first kappa shape index (κ1) is 26.1. The predicted molar refractivity (Wildman–Crippen MR) is 139 cm³/mol. The lowest BCUT2D eigenvalue weighted by Crippen LogP contribution is -2.42. The minimum absolute atomic E-state index is 0. The van der Waals surface area contributed by atoms with Crippen LogP contribution in [-0.4, -0.2) is 56.4 Å². The molecule has 1 fully saturated rings. The number of hydrogen-bond acceptors (Lipinski definition) is 5. The molecule has 176 valence electrons. The van der Waals surface area contributed by atoms with Gasteiger partial charge in [-0.15, -0.1) is 24.0 Å². The molecule has 0 radical (unpaired) electrons. The van der Waals surface area contributed by atoms with Crippen molar-refractivity contribution in [3.8, 4) is 17.2 Å². The summed E-state index contributed by atoms with van der Waals surface area (Å²) >= 11 is 0. The second-order valence-electron chi connectivity index (χ2n) is 7.62. The summed E-state index contributed by atoms with van der Waals surface area (Å²) < 4.78 is 10.6. The van der Waals surface area contributed by atoms with Gasteiger partial charge in [0.15, 0.2) is 17.5 Å². The Bertz CT molecular complexity index is 872. The molecule has 2 aromatic carbocycles. The van der Waals surface area contributed by atoms with Crippen LogP contribution in [0.1, 0.15) is 36.9 Å². The number of aromatic hydroxyl groups is 1. The van der Waals surface area contributed by atoms with Crippen molar-refractivity contribution in [2.24, 2.45) is 4.99 Å². The molecule has 8 heteroatoms. The number of aliphatic imine (C=N–C) groups is 1. The van der Waals surface area contributed by atoms with Gasteiger partial charge in [-0.1, -0.05) is 18.2 Å². The summed E-state index contributed by atoms with van der Waals surface area (Å²) in [5, 5.41) is 16.8. The third kappa shape index (κ3) is 7.16. The van der Waals surface area contributed by atoms with Gasteiger partial charge in [-0.2, -0.15) is 0 Å². The first-order valence-electron chi connectivity index (χ1n) is 10.9. The van der Waals surface area contributed by atoms with Gasteiger partial charge >= 0.3 is 0 Å². The van der Waals surface area contributed by atoms with Crippen molar-refractivity contribution in [2.45, 2.75) is 32.4 Å².